The molecule has 0 amide bonds. The first kappa shape index (κ1) is 23.4. The van der Waals surface area contributed by atoms with Gasteiger partial charge in [-0.05, 0) is 65.6 Å². The Kier molecular flexibility index (Phi) is 6.78. The van der Waals surface area contributed by atoms with Crippen LogP contribution in [-0.2, 0) is 14.3 Å². The monoisotopic (exact) mass is 559 g/mol. The minimum atomic E-state index is -0.607. The van der Waals surface area contributed by atoms with Crippen molar-refractivity contribution in [1.82, 2.24) is 5.32 Å². The molecule has 2 unspecified atom stereocenters. The van der Waals surface area contributed by atoms with Gasteiger partial charge in [0.2, 0.25) is 0 Å². The highest BCUT2D eigenvalue weighted by Crippen LogP contribution is 2.49. The van der Waals surface area contributed by atoms with Crippen molar-refractivity contribution in [3.05, 3.63) is 79.7 Å². The van der Waals surface area contributed by atoms with Gasteiger partial charge in [-0.15, -0.1) is 0 Å². The van der Waals surface area contributed by atoms with Gasteiger partial charge in [-0.2, -0.15) is 0 Å². The number of hydrogen-bond acceptors (Lipinski definition) is 6. The van der Waals surface area contributed by atoms with E-state index in [1.165, 1.54) is 7.11 Å². The number of ketones is 1. The summed E-state index contributed by atoms with van der Waals surface area (Å²) in [5, 5.41) is 3.35. The number of hydrogen-bond donors (Lipinski definition) is 1. The average molecular weight is 559 g/mol. The first-order valence-corrected chi connectivity index (χ1v) is 11.8. The predicted octanol–water partition coefficient (Wildman–Crippen LogP) is 4.84. The van der Waals surface area contributed by atoms with Crippen LogP contribution in [0.2, 0.25) is 0 Å². The topological polar surface area (TPSA) is 73.9 Å². The summed E-state index contributed by atoms with van der Waals surface area (Å²) in [6.07, 6.45) is 1.05. The molecular formula is C26H26INO5. The van der Waals surface area contributed by atoms with Gasteiger partial charge < -0.3 is 19.5 Å². The van der Waals surface area contributed by atoms with Crippen LogP contribution in [0.4, 0.5) is 0 Å². The molecule has 0 saturated carbocycles. The molecule has 0 fully saturated rings. The van der Waals surface area contributed by atoms with Crippen LogP contribution in [-0.4, -0.2) is 33.1 Å². The normalized spacial score (nSPS) is 20.2. The second-order valence-corrected chi connectivity index (χ2v) is 9.39. The third kappa shape index (κ3) is 4.26. The molecule has 1 aliphatic carbocycles. The molecular weight excluding hydrogens is 533 g/mol. The molecule has 0 bridgehead atoms. The Labute approximate surface area is 207 Å². The minimum Gasteiger partial charge on any atom is -0.493 e. The largest absolute Gasteiger partial charge is 0.493 e. The highest BCUT2D eigenvalue weighted by atomic mass is 127. The lowest BCUT2D eigenvalue weighted by Crippen LogP contribution is -2.36. The number of para-hydroxylation sites is 1. The van der Waals surface area contributed by atoms with Crippen LogP contribution in [0.1, 0.15) is 42.7 Å². The first-order chi connectivity index (χ1) is 15.9. The second-order valence-electron chi connectivity index (χ2n) is 8.14. The zero-order valence-corrected chi connectivity index (χ0v) is 21.2. The second kappa shape index (κ2) is 9.59. The van der Waals surface area contributed by atoms with Gasteiger partial charge in [0.05, 0.1) is 32.8 Å². The molecule has 0 spiro atoms. The van der Waals surface area contributed by atoms with Gasteiger partial charge in [0.15, 0.2) is 17.3 Å². The molecule has 1 heterocycles. The summed E-state index contributed by atoms with van der Waals surface area (Å²) in [5.41, 5.74) is 4.35. The van der Waals surface area contributed by atoms with Gasteiger partial charge in [-0.25, -0.2) is 4.79 Å². The molecule has 0 radical (unpaired) electrons. The van der Waals surface area contributed by atoms with E-state index in [1.54, 1.807) is 20.3 Å². The number of allylic oxidation sites excluding steroid dienone is 3. The Balaban J connectivity index is 1.87. The Bertz CT molecular complexity index is 1170. The van der Waals surface area contributed by atoms with E-state index < -0.39 is 11.9 Å². The summed E-state index contributed by atoms with van der Waals surface area (Å²) in [6, 6.07) is 13.8. The Morgan fingerprint density at radius 3 is 2.39 bits per heavy atom. The van der Waals surface area contributed by atoms with Crippen molar-refractivity contribution < 1.29 is 23.8 Å². The highest BCUT2D eigenvalue weighted by Gasteiger charge is 2.42. The molecule has 0 aromatic heterocycles. The SMILES string of the molecule is COC(=O)C1=C(C)NC2=C(C(=O)CC(c3ccc(I)cc3)C2)C1c1cccc(OC)c1OC. The van der Waals surface area contributed by atoms with Crippen molar-refractivity contribution in [3.63, 3.8) is 0 Å². The van der Waals surface area contributed by atoms with Gasteiger partial charge in [0.1, 0.15) is 0 Å². The molecule has 7 heteroatoms. The lowest BCUT2D eigenvalue weighted by atomic mass is 9.71. The Hall–Kier alpha value is -2.81. The number of nitrogens with one attached hydrogen (secondary N) is 1. The quantitative estimate of drug-likeness (QED) is 0.418. The number of carbonyl (C=O) groups is 2. The van der Waals surface area contributed by atoms with Crippen LogP contribution >= 0.6 is 22.6 Å². The zero-order chi connectivity index (χ0) is 23.7. The fraction of sp³-hybridized carbons (Fsp3) is 0.308. The number of benzene rings is 2. The molecule has 4 rings (SSSR count). The molecule has 1 aliphatic heterocycles. The van der Waals surface area contributed by atoms with Gasteiger partial charge in [0.25, 0.3) is 0 Å². The lowest BCUT2D eigenvalue weighted by molar-refractivity contribution is -0.136. The van der Waals surface area contributed by atoms with Gasteiger partial charge in [0, 0.05) is 32.5 Å². The Morgan fingerprint density at radius 1 is 1.03 bits per heavy atom. The van der Waals surface area contributed by atoms with E-state index in [1.807, 2.05) is 19.1 Å². The zero-order valence-electron chi connectivity index (χ0n) is 19.0. The molecule has 2 aromatic carbocycles. The summed E-state index contributed by atoms with van der Waals surface area (Å²) in [7, 11) is 4.47. The van der Waals surface area contributed by atoms with E-state index in [-0.39, 0.29) is 11.7 Å². The molecule has 33 heavy (non-hydrogen) atoms. The van der Waals surface area contributed by atoms with Crippen molar-refractivity contribution in [2.24, 2.45) is 0 Å². The smallest absolute Gasteiger partial charge is 0.336 e. The van der Waals surface area contributed by atoms with Gasteiger partial charge in [-0.1, -0.05) is 24.3 Å². The standard InChI is InChI=1S/C26H26INO5/c1-14-22(26(30)33-4)23(18-6-5-7-21(31-2)25(18)32-3)24-19(28-14)12-16(13-20(24)29)15-8-10-17(27)11-9-15/h5-11,16,23,28H,12-13H2,1-4H3. The van der Waals surface area contributed by atoms with Crippen LogP contribution in [0.15, 0.2) is 65.0 Å². The number of esters is 1. The number of Topliss-reactive ketones (excluding diaryl/α,β-unsaturated/α-hetero) is 1. The van der Waals surface area contributed by atoms with Crippen LogP contribution in [0, 0.1) is 3.57 Å². The maximum atomic E-state index is 13.6. The van der Waals surface area contributed by atoms with E-state index in [0.29, 0.717) is 46.7 Å². The molecule has 0 saturated heterocycles. The number of carbonyl (C=O) groups excluding carboxylic acids is 2. The van der Waals surface area contributed by atoms with E-state index in [4.69, 9.17) is 14.2 Å². The maximum Gasteiger partial charge on any atom is 0.336 e. The van der Waals surface area contributed by atoms with Crippen molar-refractivity contribution in [2.45, 2.75) is 31.6 Å². The molecule has 6 nitrogen and oxygen atoms in total. The molecule has 2 atom stereocenters. The Morgan fingerprint density at radius 2 is 1.76 bits per heavy atom. The number of halogens is 1. The van der Waals surface area contributed by atoms with E-state index in [9.17, 15) is 9.59 Å². The summed E-state index contributed by atoms with van der Waals surface area (Å²) in [6.45, 7) is 1.84. The van der Waals surface area contributed by atoms with Crippen molar-refractivity contribution in [3.8, 4) is 11.5 Å². The molecule has 2 aliphatic rings. The summed E-state index contributed by atoms with van der Waals surface area (Å²) < 4.78 is 17.4. The predicted molar refractivity (Wildman–Crippen MR) is 133 cm³/mol. The highest BCUT2D eigenvalue weighted by molar-refractivity contribution is 14.1. The fourth-order valence-corrected chi connectivity index (χ4v) is 5.20. The van der Waals surface area contributed by atoms with Crippen LogP contribution in [0.3, 0.4) is 0 Å². The summed E-state index contributed by atoms with van der Waals surface area (Å²) >= 11 is 2.28. The summed E-state index contributed by atoms with van der Waals surface area (Å²) in [5.74, 6) is 0.0353. The van der Waals surface area contributed by atoms with Crippen LogP contribution in [0.5, 0.6) is 11.5 Å². The number of ether oxygens (including phenoxy) is 3. The minimum absolute atomic E-state index is 0.0103. The third-order valence-corrected chi connectivity index (χ3v) is 7.04. The average Bonchev–Trinajstić information content (AvgIpc) is 2.82. The fourth-order valence-electron chi connectivity index (χ4n) is 4.84. The van der Waals surface area contributed by atoms with Crippen molar-refractivity contribution in [1.29, 1.82) is 0 Å². The number of rotatable bonds is 5. The van der Waals surface area contributed by atoms with Crippen LogP contribution < -0.4 is 14.8 Å². The first-order valence-electron chi connectivity index (χ1n) is 10.7. The van der Waals surface area contributed by atoms with Gasteiger partial charge in [-0.3, -0.25) is 4.79 Å². The molecule has 172 valence electrons. The summed E-state index contributed by atoms with van der Waals surface area (Å²) in [4.78, 5) is 26.5. The lowest BCUT2D eigenvalue weighted by Gasteiger charge is -2.37. The van der Waals surface area contributed by atoms with E-state index in [0.717, 1.165) is 14.8 Å². The van der Waals surface area contributed by atoms with Crippen LogP contribution in [0.25, 0.3) is 0 Å². The number of dihydropyridines is 1. The third-order valence-electron chi connectivity index (χ3n) is 6.32. The van der Waals surface area contributed by atoms with E-state index in [2.05, 4.69) is 52.2 Å². The van der Waals surface area contributed by atoms with E-state index >= 15 is 0 Å². The van der Waals surface area contributed by atoms with Crippen molar-refractivity contribution >= 4 is 34.3 Å². The molecule has 1 N–H and O–H groups in total. The maximum absolute atomic E-state index is 13.6. The van der Waals surface area contributed by atoms with Crippen molar-refractivity contribution in [2.75, 3.05) is 21.3 Å². The van der Waals surface area contributed by atoms with Gasteiger partial charge >= 0.3 is 5.97 Å². The molecule has 2 aromatic rings. The number of methoxy groups -OCH3 is 3.